The fraction of sp³-hybridized carbons (Fsp3) is 0.360. The van der Waals surface area contributed by atoms with Crippen LogP contribution in [0.2, 0.25) is 0 Å². The van der Waals surface area contributed by atoms with Gasteiger partial charge in [0.25, 0.3) is 17.9 Å². The largest absolute Gasteiger partial charge is 0.489 e. The molecule has 2 amide bonds. The lowest BCUT2D eigenvalue weighted by molar-refractivity contribution is -0.753. The minimum absolute atomic E-state index is 0.0635. The molecule has 44 heavy (non-hydrogen) atoms. The lowest BCUT2D eigenvalue weighted by atomic mass is 10.0. The molecule has 19 heteroatoms. The van der Waals surface area contributed by atoms with Gasteiger partial charge in [-0.3, -0.25) is 14.1 Å². The number of benzene rings is 1. The van der Waals surface area contributed by atoms with E-state index in [1.54, 1.807) is 12.1 Å². The summed E-state index contributed by atoms with van der Waals surface area (Å²) < 4.78 is 41.7. The molecule has 236 valence electrons. The Labute approximate surface area is 255 Å². The Morgan fingerprint density at radius 2 is 1.98 bits per heavy atom. The van der Waals surface area contributed by atoms with Crippen molar-refractivity contribution in [1.82, 2.24) is 19.3 Å². The summed E-state index contributed by atoms with van der Waals surface area (Å²) in [4.78, 5) is 46.2. The Balaban J connectivity index is 1.43. The summed E-state index contributed by atoms with van der Waals surface area (Å²) in [6, 6.07) is 4.53. The number of nitrogens with zero attached hydrogens (tertiary/aromatic N) is 5. The summed E-state index contributed by atoms with van der Waals surface area (Å²) in [5.74, 6) is -3.19. The molecule has 0 spiro atoms. The zero-order valence-electron chi connectivity index (χ0n) is 23.6. The van der Waals surface area contributed by atoms with Crippen LogP contribution in [0.1, 0.15) is 19.0 Å². The van der Waals surface area contributed by atoms with Gasteiger partial charge in [-0.25, -0.2) is 14.1 Å². The van der Waals surface area contributed by atoms with Crippen LogP contribution in [0, 0.1) is 0 Å². The third kappa shape index (κ3) is 7.30. The van der Waals surface area contributed by atoms with E-state index in [-0.39, 0.29) is 15.1 Å². The molecule has 0 aliphatic carbocycles. The first-order chi connectivity index (χ1) is 20.8. The van der Waals surface area contributed by atoms with Crippen molar-refractivity contribution in [3.63, 3.8) is 0 Å². The number of β-lactam (4-membered cyclic amide) rings is 1. The number of thiazole rings is 1. The van der Waals surface area contributed by atoms with Gasteiger partial charge >= 0.3 is 16.3 Å². The van der Waals surface area contributed by atoms with E-state index in [0.717, 1.165) is 35.4 Å². The maximum Gasteiger partial charge on any atom is 0.362 e. The van der Waals surface area contributed by atoms with Crippen molar-refractivity contribution >= 4 is 50.3 Å². The molecule has 3 atom stereocenters. The van der Waals surface area contributed by atoms with Crippen LogP contribution in [0.3, 0.4) is 0 Å². The topological polar surface area (TPSA) is 246 Å². The summed E-state index contributed by atoms with van der Waals surface area (Å²) >= 11 is 0.961. The highest BCUT2D eigenvalue weighted by Gasteiger charge is 2.51. The number of nitrogen functional groups attached to an aromatic ring is 1. The number of anilines is 1. The van der Waals surface area contributed by atoms with Gasteiger partial charge in [0, 0.05) is 5.38 Å². The monoisotopic (exact) mass is 651 g/mol. The minimum atomic E-state index is -4.82. The number of carbonyl (C=O) groups excluding carboxylic acids is 2. The molecule has 3 heterocycles. The molecule has 1 aliphatic rings. The Morgan fingerprint density at radius 3 is 2.55 bits per heavy atom. The molecule has 17 nitrogen and oxygen atoms in total. The maximum absolute atomic E-state index is 13.0. The van der Waals surface area contributed by atoms with Gasteiger partial charge < -0.3 is 31.5 Å². The minimum Gasteiger partial charge on any atom is -0.489 e. The van der Waals surface area contributed by atoms with Crippen molar-refractivity contribution in [2.75, 3.05) is 18.9 Å². The number of rotatable bonds is 14. The van der Waals surface area contributed by atoms with Crippen molar-refractivity contribution < 1.29 is 46.7 Å². The molecular weight excluding hydrogens is 620 g/mol. The fourth-order valence-electron chi connectivity index (χ4n) is 4.28. The standard InChI is InChI=1S/C25H30N8O9S2/c1-14-20(23(35)33(14)44(38,39)40)29-22(34)21(18-13-43-25(27)28-18)30-42-19(24(36)37)12-41-17-6-4-15(5-7-17)16-10-31(2)32(11-16)9-3-8-26/h4-7,10-11,13-14,19-20H,3,8-9,12,26H2,1-2H3,(H4-,27,28,29,34,36,37,38,39,40)/p+1/b30-21-/t14-,19+,20+/m1/s1. The smallest absolute Gasteiger partial charge is 0.362 e. The molecule has 7 N–H and O–H groups in total. The Hall–Kier alpha value is -4.59. The van der Waals surface area contributed by atoms with Crippen LogP contribution in [0.4, 0.5) is 5.13 Å². The van der Waals surface area contributed by atoms with Gasteiger partial charge in [-0.2, -0.15) is 13.1 Å². The van der Waals surface area contributed by atoms with Crippen LogP contribution < -0.4 is 26.2 Å². The number of amides is 2. The SMILES string of the molecule is C[C@@H]1[C@H](NC(=O)/C(=N\O[C@@H](COc2ccc(-c3cn(CCCN)[n+](C)c3)cc2)C(=O)O)c2csc(N)n2)C(=O)N1S(=O)(=O)O. The van der Waals surface area contributed by atoms with Gasteiger partial charge in [-0.05, 0) is 37.6 Å². The number of oxime groups is 1. The molecule has 0 saturated carbocycles. The Kier molecular flexibility index (Phi) is 9.82. The second-order valence-electron chi connectivity index (χ2n) is 9.67. The molecule has 0 unspecified atom stereocenters. The third-order valence-electron chi connectivity index (χ3n) is 6.60. The van der Waals surface area contributed by atoms with Gasteiger partial charge in [0.15, 0.2) is 17.9 Å². The van der Waals surface area contributed by atoms with E-state index in [1.165, 1.54) is 12.3 Å². The molecule has 4 rings (SSSR count). The number of carbonyl (C=O) groups is 3. The number of carboxylic acid groups (broad SMARTS) is 1. The number of carboxylic acids is 1. The summed E-state index contributed by atoms with van der Waals surface area (Å²) in [5, 5.41) is 17.1. The summed E-state index contributed by atoms with van der Waals surface area (Å²) in [5.41, 5.74) is 12.5. The highest BCUT2D eigenvalue weighted by Crippen LogP contribution is 2.24. The Morgan fingerprint density at radius 1 is 1.27 bits per heavy atom. The molecule has 2 aromatic heterocycles. The maximum atomic E-state index is 13.0. The van der Waals surface area contributed by atoms with Crippen molar-refractivity contribution in [3.05, 3.63) is 47.7 Å². The fourth-order valence-corrected chi connectivity index (χ4v) is 5.71. The van der Waals surface area contributed by atoms with Gasteiger partial charge in [-0.15, -0.1) is 16.0 Å². The number of aryl methyl sites for hydroxylation is 2. The van der Waals surface area contributed by atoms with Crippen LogP contribution >= 0.6 is 11.3 Å². The highest BCUT2D eigenvalue weighted by molar-refractivity contribution is 7.84. The van der Waals surface area contributed by atoms with Crippen LogP contribution in [-0.2, 0) is 43.1 Å². The normalized spacial score (nSPS) is 17.6. The molecule has 1 aliphatic heterocycles. The van der Waals surface area contributed by atoms with Crippen LogP contribution in [0.15, 0.2) is 47.2 Å². The van der Waals surface area contributed by atoms with Gasteiger partial charge in [-0.1, -0.05) is 17.3 Å². The third-order valence-corrected chi connectivity index (χ3v) is 8.28. The second-order valence-corrected chi connectivity index (χ2v) is 11.9. The van der Waals surface area contributed by atoms with E-state index >= 15 is 0 Å². The van der Waals surface area contributed by atoms with E-state index in [4.69, 9.17) is 21.0 Å². The van der Waals surface area contributed by atoms with Gasteiger partial charge in [0.1, 0.15) is 24.1 Å². The van der Waals surface area contributed by atoms with E-state index in [1.807, 2.05) is 40.9 Å². The summed E-state index contributed by atoms with van der Waals surface area (Å²) in [7, 11) is -2.89. The molecule has 0 bridgehead atoms. The van der Waals surface area contributed by atoms with Crippen LogP contribution in [0.5, 0.6) is 5.75 Å². The number of aromatic nitrogens is 3. The number of hydrogen-bond acceptors (Lipinski definition) is 12. The zero-order chi connectivity index (χ0) is 32.2. The van der Waals surface area contributed by atoms with E-state index in [2.05, 4.69) is 15.5 Å². The van der Waals surface area contributed by atoms with Crippen LogP contribution in [0.25, 0.3) is 11.1 Å². The van der Waals surface area contributed by atoms with Crippen molar-refractivity contribution in [2.24, 2.45) is 17.9 Å². The van der Waals surface area contributed by atoms with E-state index < -0.39 is 58.6 Å². The van der Waals surface area contributed by atoms with Crippen molar-refractivity contribution in [2.45, 2.75) is 38.1 Å². The zero-order valence-corrected chi connectivity index (χ0v) is 25.2. The Bertz CT molecular complexity index is 1670. The quantitative estimate of drug-likeness (QED) is 0.0470. The molecular formula is C25H31N8O9S2+. The predicted molar refractivity (Wildman–Crippen MR) is 156 cm³/mol. The predicted octanol–water partition coefficient (Wildman–Crippen LogP) is -0.862. The molecule has 1 saturated heterocycles. The van der Waals surface area contributed by atoms with Crippen molar-refractivity contribution in [3.8, 4) is 16.9 Å². The van der Waals surface area contributed by atoms with Gasteiger partial charge in [0.05, 0.1) is 24.3 Å². The van der Waals surface area contributed by atoms with Crippen LogP contribution in [-0.4, -0.2) is 86.9 Å². The number of nitrogens with one attached hydrogen (secondary N) is 1. The number of hydrogen-bond donors (Lipinski definition) is 5. The molecule has 0 radical (unpaired) electrons. The lowest BCUT2D eigenvalue weighted by Crippen LogP contribution is -2.71. The highest BCUT2D eigenvalue weighted by atomic mass is 32.2. The molecule has 1 fully saturated rings. The van der Waals surface area contributed by atoms with Gasteiger partial charge in [0.2, 0.25) is 6.20 Å². The molecule has 3 aromatic rings. The average molecular weight is 652 g/mol. The van der Waals surface area contributed by atoms with E-state index in [9.17, 15) is 32.5 Å². The first kappa shape index (κ1) is 32.3. The second kappa shape index (κ2) is 13.4. The number of nitrogens with two attached hydrogens (primary N) is 2. The first-order valence-corrected chi connectivity index (χ1v) is 15.4. The van der Waals surface area contributed by atoms with E-state index in [0.29, 0.717) is 12.3 Å². The number of aliphatic carboxylic acids is 1. The first-order valence-electron chi connectivity index (χ1n) is 13.1. The summed E-state index contributed by atoms with van der Waals surface area (Å²) in [6.45, 7) is 2.16. The summed E-state index contributed by atoms with van der Waals surface area (Å²) in [6.07, 6.45) is 3.13. The lowest BCUT2D eigenvalue weighted by Gasteiger charge is -2.42. The average Bonchev–Trinajstić information content (AvgIpc) is 3.56. The van der Waals surface area contributed by atoms with Crippen molar-refractivity contribution in [1.29, 1.82) is 0 Å². The molecule has 1 aromatic carbocycles. The number of ether oxygens (including phenoxy) is 1.